The van der Waals surface area contributed by atoms with Crippen LogP contribution in [-0.4, -0.2) is 45.0 Å². The van der Waals surface area contributed by atoms with Gasteiger partial charge in [0.15, 0.2) is 0 Å². The van der Waals surface area contributed by atoms with Gasteiger partial charge >= 0.3 is 12.1 Å². The lowest BCUT2D eigenvalue weighted by atomic mass is 9.91. The fraction of sp³-hybridized carbons (Fsp3) is 0.471. The molecule has 2 aromatic heterocycles. The number of hydrogen-bond acceptors (Lipinski definition) is 5. The molecule has 1 N–H and O–H groups in total. The first kappa shape index (κ1) is 19.2. The van der Waals surface area contributed by atoms with Crippen LogP contribution in [0.1, 0.15) is 12.8 Å². The van der Waals surface area contributed by atoms with Crippen LogP contribution in [-0.2, 0) is 22.6 Å². The zero-order valence-corrected chi connectivity index (χ0v) is 14.5. The van der Waals surface area contributed by atoms with Gasteiger partial charge in [-0.2, -0.15) is 13.2 Å². The van der Waals surface area contributed by atoms with Gasteiger partial charge in [0.05, 0.1) is 18.4 Å². The van der Waals surface area contributed by atoms with Gasteiger partial charge in [-0.25, -0.2) is 9.78 Å². The fourth-order valence-corrected chi connectivity index (χ4v) is 3.26. The van der Waals surface area contributed by atoms with E-state index in [2.05, 4.69) is 16.9 Å². The summed E-state index contributed by atoms with van der Waals surface area (Å²) >= 11 is 0. The van der Waals surface area contributed by atoms with Crippen LogP contribution in [0.25, 0.3) is 11.0 Å². The number of alkyl halides is 3. The van der Waals surface area contributed by atoms with Crippen LogP contribution >= 0.6 is 0 Å². The Morgan fingerprint density at radius 1 is 1.37 bits per heavy atom. The second-order valence-corrected chi connectivity index (χ2v) is 6.49. The first-order valence-corrected chi connectivity index (χ1v) is 8.42. The van der Waals surface area contributed by atoms with Gasteiger partial charge in [-0.3, -0.25) is 9.36 Å². The predicted molar refractivity (Wildman–Crippen MR) is 91.2 cm³/mol. The molecule has 0 atom stereocenters. The smallest absolute Gasteiger partial charge is 0.450 e. The molecule has 3 rings (SSSR count). The van der Waals surface area contributed by atoms with Crippen molar-refractivity contribution in [3.63, 3.8) is 0 Å². The minimum Gasteiger partial charge on any atom is -0.450 e. The Labute approximate surface area is 152 Å². The Kier molecular flexibility index (Phi) is 5.09. The lowest BCUT2D eigenvalue weighted by molar-refractivity contribution is -0.217. The van der Waals surface area contributed by atoms with E-state index in [-0.39, 0.29) is 19.4 Å². The summed E-state index contributed by atoms with van der Waals surface area (Å²) in [5, 5.41) is 3.01. The number of nitrogens with zero attached hydrogens (tertiary/aromatic N) is 3. The van der Waals surface area contributed by atoms with Crippen molar-refractivity contribution in [1.82, 2.24) is 19.4 Å². The highest BCUT2D eigenvalue weighted by molar-refractivity contribution is 5.76. The Morgan fingerprint density at radius 3 is 2.70 bits per heavy atom. The summed E-state index contributed by atoms with van der Waals surface area (Å²) in [4.78, 5) is 28.5. The van der Waals surface area contributed by atoms with E-state index in [0.717, 1.165) is 0 Å². The van der Waals surface area contributed by atoms with Gasteiger partial charge in [-0.15, -0.1) is 6.58 Å². The summed E-state index contributed by atoms with van der Waals surface area (Å²) in [6, 6.07) is 1.68. The number of carbonyl (C=O) groups excluding carboxylic acids is 1. The molecular weight excluding hydrogens is 365 g/mol. The van der Waals surface area contributed by atoms with Gasteiger partial charge in [0.25, 0.3) is 5.56 Å². The van der Waals surface area contributed by atoms with Crippen molar-refractivity contribution in [3.05, 3.63) is 41.6 Å². The van der Waals surface area contributed by atoms with Crippen LogP contribution in [0.4, 0.5) is 13.2 Å². The quantitative estimate of drug-likeness (QED) is 0.626. The Morgan fingerprint density at radius 2 is 2.07 bits per heavy atom. The molecule has 0 unspecified atom stereocenters. The van der Waals surface area contributed by atoms with E-state index < -0.39 is 23.3 Å². The van der Waals surface area contributed by atoms with Crippen molar-refractivity contribution in [2.75, 3.05) is 13.1 Å². The average molecular weight is 384 g/mol. The van der Waals surface area contributed by atoms with E-state index in [1.165, 1.54) is 10.9 Å². The Balaban J connectivity index is 1.97. The molecule has 1 saturated heterocycles. The summed E-state index contributed by atoms with van der Waals surface area (Å²) in [5.41, 5.74) is -1.03. The number of halogens is 3. The monoisotopic (exact) mass is 384 g/mol. The lowest BCUT2D eigenvalue weighted by Gasteiger charge is -2.37. The van der Waals surface area contributed by atoms with Gasteiger partial charge in [-0.1, -0.05) is 6.08 Å². The first-order chi connectivity index (χ1) is 12.8. The maximum Gasteiger partial charge on any atom is 0.490 e. The maximum atomic E-state index is 12.9. The van der Waals surface area contributed by atoms with E-state index in [1.807, 2.05) is 0 Å². The SMILES string of the molecule is C=CCn1ccc2ncn(CC3(OC(=O)C(F)(F)F)CCNCC3)c(=O)c21. The van der Waals surface area contributed by atoms with E-state index in [1.54, 1.807) is 22.9 Å². The summed E-state index contributed by atoms with van der Waals surface area (Å²) in [5.74, 6) is -2.25. The molecule has 0 bridgehead atoms. The first-order valence-electron chi connectivity index (χ1n) is 8.42. The fourth-order valence-electron chi connectivity index (χ4n) is 3.26. The van der Waals surface area contributed by atoms with Crippen molar-refractivity contribution in [1.29, 1.82) is 0 Å². The number of carbonyl (C=O) groups is 1. The number of aromatic nitrogens is 3. The van der Waals surface area contributed by atoms with Crippen molar-refractivity contribution < 1.29 is 22.7 Å². The highest BCUT2D eigenvalue weighted by Gasteiger charge is 2.47. The molecule has 2 aromatic rings. The Bertz CT molecular complexity index is 910. The van der Waals surface area contributed by atoms with E-state index in [0.29, 0.717) is 30.7 Å². The zero-order chi connectivity index (χ0) is 19.7. The molecule has 0 aromatic carbocycles. The highest BCUT2D eigenvalue weighted by Crippen LogP contribution is 2.29. The molecule has 1 fully saturated rings. The largest absolute Gasteiger partial charge is 0.490 e. The third-order valence-electron chi connectivity index (χ3n) is 4.58. The molecule has 1 aliphatic rings. The van der Waals surface area contributed by atoms with Crippen LogP contribution < -0.4 is 10.9 Å². The lowest BCUT2D eigenvalue weighted by Crippen LogP contribution is -2.51. The molecule has 7 nitrogen and oxygen atoms in total. The molecule has 0 spiro atoms. The third kappa shape index (κ3) is 3.90. The minimum atomic E-state index is -5.09. The molecule has 0 amide bonds. The normalized spacial score (nSPS) is 17.0. The van der Waals surface area contributed by atoms with Gasteiger partial charge in [0.1, 0.15) is 11.1 Å². The number of fused-ring (bicyclic) bond motifs is 1. The van der Waals surface area contributed by atoms with Crippen molar-refractivity contribution >= 4 is 17.0 Å². The van der Waals surface area contributed by atoms with Crippen LogP contribution in [0.3, 0.4) is 0 Å². The molecule has 27 heavy (non-hydrogen) atoms. The number of ether oxygens (including phenoxy) is 1. The standard InChI is InChI=1S/C17H19F3N4O3/c1-2-8-23-9-3-12-13(23)14(25)24(11-22-12)10-16(4-6-21-7-5-16)27-15(26)17(18,19)20/h2-3,9,11,21H,1,4-8,10H2. The molecule has 1 aliphatic heterocycles. The van der Waals surface area contributed by atoms with Gasteiger partial charge in [0, 0.05) is 25.6 Å². The number of piperidine rings is 1. The molecule has 0 saturated carbocycles. The molecule has 3 heterocycles. The zero-order valence-electron chi connectivity index (χ0n) is 14.5. The van der Waals surface area contributed by atoms with Crippen LogP contribution in [0, 0.1) is 0 Å². The van der Waals surface area contributed by atoms with Crippen molar-refractivity contribution in [2.45, 2.75) is 37.7 Å². The number of allylic oxidation sites excluding steroid dienone is 1. The van der Waals surface area contributed by atoms with Gasteiger partial charge in [-0.05, 0) is 19.2 Å². The van der Waals surface area contributed by atoms with Crippen molar-refractivity contribution in [2.24, 2.45) is 0 Å². The van der Waals surface area contributed by atoms with Crippen molar-refractivity contribution in [3.8, 4) is 0 Å². The number of esters is 1. The molecular formula is C17H19F3N4O3. The Hall–Kier alpha value is -2.62. The van der Waals surface area contributed by atoms with E-state index in [4.69, 9.17) is 4.74 Å². The van der Waals surface area contributed by atoms with Crippen LogP contribution in [0.2, 0.25) is 0 Å². The number of nitrogens with one attached hydrogen (secondary N) is 1. The molecule has 10 heteroatoms. The van der Waals surface area contributed by atoms with Crippen LogP contribution in [0.15, 0.2) is 36.0 Å². The van der Waals surface area contributed by atoms with E-state index in [9.17, 15) is 22.8 Å². The van der Waals surface area contributed by atoms with E-state index >= 15 is 0 Å². The molecule has 146 valence electrons. The molecule has 0 aliphatic carbocycles. The number of hydrogen-bond donors (Lipinski definition) is 1. The predicted octanol–water partition coefficient (Wildman–Crippen LogP) is 1.61. The number of rotatable bonds is 5. The second-order valence-electron chi connectivity index (χ2n) is 6.49. The average Bonchev–Trinajstić information content (AvgIpc) is 3.01. The highest BCUT2D eigenvalue weighted by atomic mass is 19.4. The summed E-state index contributed by atoms with van der Waals surface area (Å²) in [6.07, 6.45) is -0.192. The topological polar surface area (TPSA) is 78.2 Å². The maximum absolute atomic E-state index is 12.9. The summed E-state index contributed by atoms with van der Waals surface area (Å²) in [7, 11) is 0. The second kappa shape index (κ2) is 7.18. The summed E-state index contributed by atoms with van der Waals surface area (Å²) < 4.78 is 45.9. The van der Waals surface area contributed by atoms with Gasteiger partial charge in [0.2, 0.25) is 0 Å². The summed E-state index contributed by atoms with van der Waals surface area (Å²) in [6.45, 7) is 4.58. The molecule has 0 radical (unpaired) electrons. The minimum absolute atomic E-state index is 0.160. The third-order valence-corrected chi connectivity index (χ3v) is 4.58. The van der Waals surface area contributed by atoms with Gasteiger partial charge < -0.3 is 14.6 Å². The van der Waals surface area contributed by atoms with Crippen LogP contribution in [0.5, 0.6) is 0 Å².